The van der Waals surface area contributed by atoms with Crippen LogP contribution in [0.25, 0.3) is 11.3 Å². The molecule has 2 aromatic rings. The highest BCUT2D eigenvalue weighted by Gasteiger charge is 2.54. The van der Waals surface area contributed by atoms with Crippen LogP contribution in [0.3, 0.4) is 0 Å². The number of amidine groups is 1. The molecule has 122 valence electrons. The average molecular weight is 322 g/mol. The van der Waals surface area contributed by atoms with E-state index in [1.54, 1.807) is 18.7 Å². The summed E-state index contributed by atoms with van der Waals surface area (Å²) in [4.78, 5) is 19.8. The fourth-order valence-corrected chi connectivity index (χ4v) is 3.94. The van der Waals surface area contributed by atoms with Gasteiger partial charge < -0.3 is 4.74 Å². The first-order chi connectivity index (χ1) is 11.8. The second-order valence-electron chi connectivity index (χ2n) is 6.66. The predicted molar refractivity (Wildman–Crippen MR) is 89.6 cm³/mol. The Labute approximate surface area is 139 Å². The van der Waals surface area contributed by atoms with Crippen molar-refractivity contribution in [3.8, 4) is 11.3 Å². The first-order valence-electron chi connectivity index (χ1n) is 8.26. The van der Waals surface area contributed by atoms with Gasteiger partial charge in [0.15, 0.2) is 0 Å². The minimum absolute atomic E-state index is 0.125. The molecule has 1 unspecified atom stereocenters. The molecular formula is C17H18N6O. The molecule has 1 N–H and O–H groups in total. The van der Waals surface area contributed by atoms with E-state index in [9.17, 15) is 0 Å². The van der Waals surface area contributed by atoms with Gasteiger partial charge in [-0.15, -0.1) is 0 Å². The number of aliphatic imine (C=N–C) groups is 1. The van der Waals surface area contributed by atoms with Crippen LogP contribution in [-0.2, 0) is 4.74 Å². The zero-order chi connectivity index (χ0) is 16.0. The van der Waals surface area contributed by atoms with Crippen molar-refractivity contribution in [1.29, 1.82) is 0 Å². The standard InChI is InChI=1S/C17H18N6O/c1-2-12(7-18-4-1)14-6-15(21-11-20-14)22-16-19-9-17(24-16)10-23-5-3-13(17)8-23/h1-2,4,6-7,11,13H,3,5,8-10H2,(H,19,20,21,22)/t13-,17+/m1/s1. The number of hydrogen-bond donors (Lipinski definition) is 1. The van der Waals surface area contributed by atoms with Gasteiger partial charge in [-0.25, -0.2) is 15.0 Å². The van der Waals surface area contributed by atoms with Gasteiger partial charge in [-0.2, -0.15) is 0 Å². The molecule has 2 aromatic heterocycles. The molecule has 0 aromatic carbocycles. The number of ether oxygens (including phenoxy) is 1. The third kappa shape index (κ3) is 2.24. The minimum atomic E-state index is -0.125. The van der Waals surface area contributed by atoms with Gasteiger partial charge in [0.25, 0.3) is 6.02 Å². The van der Waals surface area contributed by atoms with Crippen LogP contribution in [-0.4, -0.2) is 57.7 Å². The molecule has 3 aliphatic rings. The van der Waals surface area contributed by atoms with Crippen molar-refractivity contribution in [1.82, 2.24) is 19.9 Å². The van der Waals surface area contributed by atoms with Crippen LogP contribution in [0.5, 0.6) is 0 Å². The molecule has 5 rings (SSSR count). The number of piperidine rings is 1. The SMILES string of the molecule is c1cncc(-c2cc(NC3=NC[C@@]4(CN5CC[C@@H]4C5)O3)ncn2)c1. The molecule has 3 aliphatic heterocycles. The zero-order valence-electron chi connectivity index (χ0n) is 13.2. The smallest absolute Gasteiger partial charge is 0.291 e. The summed E-state index contributed by atoms with van der Waals surface area (Å²) in [5, 5.41) is 3.20. The van der Waals surface area contributed by atoms with E-state index in [0.717, 1.165) is 30.9 Å². The summed E-state index contributed by atoms with van der Waals surface area (Å²) in [7, 11) is 0. The molecule has 0 saturated carbocycles. The van der Waals surface area contributed by atoms with E-state index in [0.29, 0.717) is 17.8 Å². The molecule has 0 aliphatic carbocycles. The van der Waals surface area contributed by atoms with E-state index in [1.807, 2.05) is 18.2 Å². The summed E-state index contributed by atoms with van der Waals surface area (Å²) in [6.45, 7) is 4.05. The van der Waals surface area contributed by atoms with Crippen LogP contribution in [0.4, 0.5) is 5.82 Å². The molecule has 7 heteroatoms. The Morgan fingerprint density at radius 2 is 2.33 bits per heavy atom. The molecule has 24 heavy (non-hydrogen) atoms. The van der Waals surface area contributed by atoms with Crippen LogP contribution < -0.4 is 5.32 Å². The topological polar surface area (TPSA) is 75.5 Å². The highest BCUT2D eigenvalue weighted by atomic mass is 16.5. The molecule has 7 nitrogen and oxygen atoms in total. The second-order valence-corrected chi connectivity index (χ2v) is 6.66. The van der Waals surface area contributed by atoms with E-state index in [1.165, 1.54) is 13.0 Å². The summed E-state index contributed by atoms with van der Waals surface area (Å²) in [5.41, 5.74) is 1.65. The third-order valence-corrected chi connectivity index (χ3v) is 5.16. The lowest BCUT2D eigenvalue weighted by molar-refractivity contribution is 0.0364. The number of hydrogen-bond acceptors (Lipinski definition) is 7. The Balaban J connectivity index is 1.32. The van der Waals surface area contributed by atoms with Crippen molar-refractivity contribution in [2.24, 2.45) is 10.9 Å². The van der Waals surface area contributed by atoms with Crippen molar-refractivity contribution in [3.05, 3.63) is 36.9 Å². The van der Waals surface area contributed by atoms with Crippen LogP contribution in [0, 0.1) is 5.92 Å². The van der Waals surface area contributed by atoms with E-state index in [4.69, 9.17) is 4.74 Å². The summed E-state index contributed by atoms with van der Waals surface area (Å²) in [6, 6.07) is 6.32. The Hall–Kier alpha value is -2.54. The summed E-state index contributed by atoms with van der Waals surface area (Å²) in [6.07, 6.45) is 6.28. The normalized spacial score (nSPS) is 30.4. The van der Waals surface area contributed by atoms with Gasteiger partial charge in [0, 0.05) is 43.0 Å². The molecule has 2 fully saturated rings. The molecule has 3 atom stereocenters. The molecule has 1 spiro atoms. The minimum Gasteiger partial charge on any atom is -0.455 e. The van der Waals surface area contributed by atoms with Crippen LogP contribution in [0.15, 0.2) is 41.9 Å². The second kappa shape index (κ2) is 5.24. The van der Waals surface area contributed by atoms with Crippen LogP contribution in [0.1, 0.15) is 6.42 Å². The first-order valence-corrected chi connectivity index (χ1v) is 8.26. The Morgan fingerprint density at radius 1 is 1.33 bits per heavy atom. The monoisotopic (exact) mass is 322 g/mol. The van der Waals surface area contributed by atoms with Gasteiger partial charge >= 0.3 is 0 Å². The summed E-state index contributed by atoms with van der Waals surface area (Å²) >= 11 is 0. The maximum atomic E-state index is 6.22. The van der Waals surface area contributed by atoms with E-state index in [-0.39, 0.29) is 5.60 Å². The Morgan fingerprint density at radius 3 is 3.12 bits per heavy atom. The first kappa shape index (κ1) is 13.9. The molecule has 0 amide bonds. The van der Waals surface area contributed by atoms with E-state index >= 15 is 0 Å². The molecule has 2 bridgehead atoms. The van der Waals surface area contributed by atoms with E-state index in [2.05, 4.69) is 30.2 Å². The highest BCUT2D eigenvalue weighted by Crippen LogP contribution is 2.41. The molecule has 0 radical (unpaired) electrons. The summed E-state index contributed by atoms with van der Waals surface area (Å²) < 4.78 is 6.22. The van der Waals surface area contributed by atoms with Crippen molar-refractivity contribution < 1.29 is 4.74 Å². The number of nitrogens with one attached hydrogen (secondary N) is 1. The van der Waals surface area contributed by atoms with Gasteiger partial charge in [0.05, 0.1) is 12.2 Å². The van der Waals surface area contributed by atoms with Crippen LogP contribution in [0.2, 0.25) is 0 Å². The maximum absolute atomic E-state index is 6.22. The molecule has 2 saturated heterocycles. The van der Waals surface area contributed by atoms with Gasteiger partial charge in [-0.3, -0.25) is 15.2 Å². The van der Waals surface area contributed by atoms with Crippen LogP contribution >= 0.6 is 0 Å². The van der Waals surface area contributed by atoms with Gasteiger partial charge in [0.2, 0.25) is 0 Å². The predicted octanol–water partition coefficient (Wildman–Crippen LogP) is 1.41. The van der Waals surface area contributed by atoms with Crippen molar-refractivity contribution in [2.45, 2.75) is 12.0 Å². The largest absolute Gasteiger partial charge is 0.455 e. The number of nitrogens with zero attached hydrogens (tertiary/aromatic N) is 5. The molecule has 5 heterocycles. The fraction of sp³-hybridized carbons (Fsp3) is 0.412. The zero-order valence-corrected chi connectivity index (χ0v) is 13.2. The molecular weight excluding hydrogens is 304 g/mol. The van der Waals surface area contributed by atoms with Crippen molar-refractivity contribution >= 4 is 11.8 Å². The number of anilines is 1. The van der Waals surface area contributed by atoms with Gasteiger partial charge in [0.1, 0.15) is 17.7 Å². The van der Waals surface area contributed by atoms with E-state index < -0.39 is 0 Å². The fourth-order valence-electron chi connectivity index (χ4n) is 3.94. The Kier molecular flexibility index (Phi) is 3.02. The number of fused-ring (bicyclic) bond motifs is 3. The third-order valence-electron chi connectivity index (χ3n) is 5.16. The summed E-state index contributed by atoms with van der Waals surface area (Å²) in [5.74, 6) is 1.28. The average Bonchev–Trinajstić information content (AvgIpc) is 3.33. The number of pyridine rings is 1. The highest BCUT2D eigenvalue weighted by molar-refractivity contribution is 5.90. The quantitative estimate of drug-likeness (QED) is 0.901. The lowest BCUT2D eigenvalue weighted by Gasteiger charge is -2.32. The van der Waals surface area contributed by atoms with Crippen molar-refractivity contribution in [3.63, 3.8) is 0 Å². The maximum Gasteiger partial charge on any atom is 0.291 e. The van der Waals surface area contributed by atoms with Gasteiger partial charge in [-0.1, -0.05) is 0 Å². The Bertz CT molecular complexity index is 795. The van der Waals surface area contributed by atoms with Gasteiger partial charge in [-0.05, 0) is 25.1 Å². The lowest BCUT2D eigenvalue weighted by Crippen LogP contribution is -2.46. The lowest BCUT2D eigenvalue weighted by atomic mass is 9.88. The van der Waals surface area contributed by atoms with Crippen molar-refractivity contribution in [2.75, 3.05) is 31.5 Å². The number of aromatic nitrogens is 3. The number of rotatable bonds is 2.